The van der Waals surface area contributed by atoms with Gasteiger partial charge in [0.15, 0.2) is 5.16 Å². The minimum absolute atomic E-state index is 0.151. The van der Waals surface area contributed by atoms with Crippen LogP contribution in [0.15, 0.2) is 41.8 Å². The van der Waals surface area contributed by atoms with Gasteiger partial charge in [-0.2, -0.15) is 0 Å². The van der Waals surface area contributed by atoms with Crippen LogP contribution in [0.25, 0.3) is 0 Å². The molecule has 0 aliphatic rings. The van der Waals surface area contributed by atoms with Crippen molar-refractivity contribution in [2.75, 3.05) is 11.1 Å². The van der Waals surface area contributed by atoms with Gasteiger partial charge >= 0.3 is 0 Å². The molecule has 0 fully saturated rings. The van der Waals surface area contributed by atoms with Crippen LogP contribution < -0.4 is 5.32 Å². The highest BCUT2D eigenvalue weighted by molar-refractivity contribution is 7.99. The molecule has 1 aromatic heterocycles. The summed E-state index contributed by atoms with van der Waals surface area (Å²) in [4.78, 5) is 19.6. The SMILES string of the molecule is O=C(CSc1ncccn1)Nc1ccc(F)cc1Cl. The van der Waals surface area contributed by atoms with E-state index in [0.717, 1.165) is 6.07 Å². The lowest BCUT2D eigenvalue weighted by molar-refractivity contribution is -0.113. The second kappa shape index (κ2) is 6.49. The van der Waals surface area contributed by atoms with Crippen molar-refractivity contribution in [3.63, 3.8) is 0 Å². The van der Waals surface area contributed by atoms with Gasteiger partial charge in [-0.1, -0.05) is 23.4 Å². The van der Waals surface area contributed by atoms with Crippen molar-refractivity contribution < 1.29 is 9.18 Å². The molecule has 0 unspecified atom stereocenters. The normalized spacial score (nSPS) is 10.2. The summed E-state index contributed by atoms with van der Waals surface area (Å²) in [5, 5.41) is 3.27. The fourth-order valence-electron chi connectivity index (χ4n) is 1.27. The Bertz CT molecular complexity index is 582. The zero-order valence-electron chi connectivity index (χ0n) is 9.64. The van der Waals surface area contributed by atoms with Crippen molar-refractivity contribution in [2.24, 2.45) is 0 Å². The first-order valence-electron chi connectivity index (χ1n) is 5.30. The number of hydrogen-bond acceptors (Lipinski definition) is 4. The monoisotopic (exact) mass is 297 g/mol. The maximum Gasteiger partial charge on any atom is 0.234 e. The van der Waals surface area contributed by atoms with Gasteiger partial charge in [0.2, 0.25) is 5.91 Å². The highest BCUT2D eigenvalue weighted by Crippen LogP contribution is 2.22. The number of amides is 1. The predicted octanol–water partition coefficient (Wildman–Crippen LogP) is 3.00. The van der Waals surface area contributed by atoms with Gasteiger partial charge in [0.1, 0.15) is 5.82 Å². The van der Waals surface area contributed by atoms with Crippen LogP contribution in [-0.2, 0) is 4.79 Å². The topological polar surface area (TPSA) is 54.9 Å². The van der Waals surface area contributed by atoms with Crippen LogP contribution in [0.3, 0.4) is 0 Å². The molecule has 0 atom stereocenters. The Labute approximate surface area is 118 Å². The summed E-state index contributed by atoms with van der Waals surface area (Å²) in [7, 11) is 0. The predicted molar refractivity (Wildman–Crippen MR) is 72.8 cm³/mol. The number of nitrogens with zero attached hydrogens (tertiary/aromatic N) is 2. The molecule has 0 radical (unpaired) electrons. The van der Waals surface area contributed by atoms with Gasteiger partial charge in [-0.3, -0.25) is 4.79 Å². The summed E-state index contributed by atoms with van der Waals surface area (Å²) in [5.74, 6) is -0.557. The van der Waals surface area contributed by atoms with E-state index in [2.05, 4.69) is 15.3 Å². The zero-order valence-corrected chi connectivity index (χ0v) is 11.2. The number of nitrogens with one attached hydrogen (secondary N) is 1. The summed E-state index contributed by atoms with van der Waals surface area (Å²) in [5.41, 5.74) is 0.377. The largest absolute Gasteiger partial charge is 0.324 e. The van der Waals surface area contributed by atoms with E-state index >= 15 is 0 Å². The zero-order chi connectivity index (χ0) is 13.7. The summed E-state index contributed by atoms with van der Waals surface area (Å²) in [6, 6.07) is 5.49. The van der Waals surface area contributed by atoms with Gasteiger partial charge < -0.3 is 5.32 Å². The Hall–Kier alpha value is -1.66. The maximum atomic E-state index is 12.8. The Morgan fingerprint density at radius 2 is 2.11 bits per heavy atom. The van der Waals surface area contributed by atoms with Crippen molar-refractivity contribution in [3.8, 4) is 0 Å². The quantitative estimate of drug-likeness (QED) is 0.696. The maximum absolute atomic E-state index is 12.8. The molecule has 1 aromatic carbocycles. The van der Waals surface area contributed by atoms with Crippen molar-refractivity contribution in [2.45, 2.75) is 5.16 Å². The highest BCUT2D eigenvalue weighted by atomic mass is 35.5. The average Bonchev–Trinajstić information content (AvgIpc) is 2.41. The molecule has 7 heteroatoms. The Morgan fingerprint density at radius 3 is 2.79 bits per heavy atom. The molecule has 4 nitrogen and oxygen atoms in total. The molecule has 98 valence electrons. The first-order chi connectivity index (χ1) is 9.15. The molecular formula is C12H9ClFN3OS. The Balaban J connectivity index is 1.91. The van der Waals surface area contributed by atoms with Crippen LogP contribution in [0.2, 0.25) is 5.02 Å². The third kappa shape index (κ3) is 4.18. The van der Waals surface area contributed by atoms with Gasteiger partial charge in [-0.15, -0.1) is 0 Å². The number of rotatable bonds is 4. The van der Waals surface area contributed by atoms with Crippen LogP contribution in [0, 0.1) is 5.82 Å². The molecule has 1 N–H and O–H groups in total. The minimum Gasteiger partial charge on any atom is -0.324 e. The van der Waals surface area contributed by atoms with Gasteiger partial charge in [-0.05, 0) is 24.3 Å². The molecule has 0 aliphatic heterocycles. The summed E-state index contributed by atoms with van der Waals surface area (Å²) in [6.45, 7) is 0. The molecule has 0 aliphatic carbocycles. The van der Waals surface area contributed by atoms with E-state index in [1.165, 1.54) is 23.9 Å². The summed E-state index contributed by atoms with van der Waals surface area (Å²) < 4.78 is 12.8. The first kappa shape index (κ1) is 13.8. The molecule has 0 saturated carbocycles. The average molecular weight is 298 g/mol. The highest BCUT2D eigenvalue weighted by Gasteiger charge is 2.08. The number of carbonyl (C=O) groups excluding carboxylic acids is 1. The van der Waals surface area contributed by atoms with Crippen LogP contribution in [0.5, 0.6) is 0 Å². The molecule has 0 saturated heterocycles. The number of aromatic nitrogens is 2. The van der Waals surface area contributed by atoms with E-state index in [9.17, 15) is 9.18 Å². The molecule has 0 bridgehead atoms. The van der Waals surface area contributed by atoms with Gasteiger partial charge in [0, 0.05) is 12.4 Å². The minimum atomic E-state index is -0.449. The van der Waals surface area contributed by atoms with Gasteiger partial charge in [0.25, 0.3) is 0 Å². The summed E-state index contributed by atoms with van der Waals surface area (Å²) in [6.07, 6.45) is 3.20. The van der Waals surface area contributed by atoms with Crippen molar-refractivity contribution >= 4 is 35.0 Å². The lowest BCUT2D eigenvalue weighted by Gasteiger charge is -2.06. The van der Waals surface area contributed by atoms with E-state index in [0.29, 0.717) is 10.8 Å². The standard InChI is InChI=1S/C12H9ClFN3OS/c13-9-6-8(14)2-3-10(9)17-11(18)7-19-12-15-4-1-5-16-12/h1-6H,7H2,(H,17,18). The van der Waals surface area contributed by atoms with E-state index in [-0.39, 0.29) is 16.7 Å². The third-order valence-corrected chi connectivity index (χ3v) is 3.27. The van der Waals surface area contributed by atoms with Crippen molar-refractivity contribution in [1.29, 1.82) is 0 Å². The molecular weight excluding hydrogens is 289 g/mol. The molecule has 0 spiro atoms. The number of anilines is 1. The lowest BCUT2D eigenvalue weighted by Crippen LogP contribution is -2.14. The van der Waals surface area contributed by atoms with Gasteiger partial charge in [0.05, 0.1) is 16.5 Å². The number of thioether (sulfide) groups is 1. The molecule has 1 heterocycles. The second-order valence-corrected chi connectivity index (χ2v) is 4.84. The van der Waals surface area contributed by atoms with E-state index in [1.54, 1.807) is 18.5 Å². The van der Waals surface area contributed by atoms with E-state index in [4.69, 9.17) is 11.6 Å². The second-order valence-electron chi connectivity index (χ2n) is 3.49. The van der Waals surface area contributed by atoms with Crippen LogP contribution >= 0.6 is 23.4 Å². The number of halogens is 2. The number of benzene rings is 1. The fraction of sp³-hybridized carbons (Fsp3) is 0.0833. The van der Waals surface area contributed by atoms with Crippen LogP contribution in [0.1, 0.15) is 0 Å². The van der Waals surface area contributed by atoms with Gasteiger partial charge in [-0.25, -0.2) is 14.4 Å². The molecule has 2 rings (SSSR count). The molecule has 1 amide bonds. The fourth-order valence-corrected chi connectivity index (χ4v) is 2.08. The first-order valence-corrected chi connectivity index (χ1v) is 6.66. The van der Waals surface area contributed by atoms with E-state index < -0.39 is 5.82 Å². The van der Waals surface area contributed by atoms with Crippen LogP contribution in [0.4, 0.5) is 10.1 Å². The van der Waals surface area contributed by atoms with Crippen molar-refractivity contribution in [3.05, 3.63) is 47.5 Å². The third-order valence-electron chi connectivity index (χ3n) is 2.08. The van der Waals surface area contributed by atoms with Crippen LogP contribution in [-0.4, -0.2) is 21.6 Å². The van der Waals surface area contributed by atoms with Crippen molar-refractivity contribution in [1.82, 2.24) is 9.97 Å². The lowest BCUT2D eigenvalue weighted by atomic mass is 10.3. The smallest absolute Gasteiger partial charge is 0.234 e. The molecule has 2 aromatic rings. The van der Waals surface area contributed by atoms with E-state index in [1.807, 2.05) is 0 Å². The Morgan fingerprint density at radius 1 is 1.37 bits per heavy atom. The summed E-state index contributed by atoms with van der Waals surface area (Å²) >= 11 is 7.01. The Kier molecular flexibility index (Phi) is 4.70. The number of carbonyl (C=O) groups is 1. The number of hydrogen-bond donors (Lipinski definition) is 1. The molecule has 19 heavy (non-hydrogen) atoms.